The molecule has 1 saturated heterocycles. The summed E-state index contributed by atoms with van der Waals surface area (Å²) in [5.74, 6) is 2.10. The number of thiazole rings is 1. The Balaban J connectivity index is 1.73. The fraction of sp³-hybridized carbons (Fsp3) is 0.667. The topological polar surface area (TPSA) is 16.1 Å². The molecule has 0 saturated carbocycles. The van der Waals surface area contributed by atoms with Gasteiger partial charge in [-0.2, -0.15) is 0 Å². The molecule has 0 unspecified atom stereocenters. The first-order valence-corrected chi connectivity index (χ1v) is 10.5. The molecular weight excluding hydrogens is 312 g/mol. The number of benzene rings is 1. The summed E-state index contributed by atoms with van der Waals surface area (Å²) in [5, 5.41) is 1.35. The first-order chi connectivity index (χ1) is 11.6. The molecule has 0 amide bonds. The minimum atomic E-state index is 0.632. The second-order valence-electron chi connectivity index (χ2n) is 7.87. The van der Waals surface area contributed by atoms with E-state index in [1.165, 1.54) is 59.4 Å². The van der Waals surface area contributed by atoms with Crippen molar-refractivity contribution in [3.8, 4) is 0 Å². The van der Waals surface area contributed by atoms with Crippen molar-refractivity contribution < 1.29 is 0 Å². The molecular formula is C21H32N2S. The van der Waals surface area contributed by atoms with Crippen LogP contribution in [0.2, 0.25) is 0 Å². The van der Waals surface area contributed by atoms with E-state index in [4.69, 9.17) is 4.98 Å². The third-order valence-corrected chi connectivity index (χ3v) is 6.96. The van der Waals surface area contributed by atoms with Crippen LogP contribution >= 0.6 is 11.3 Å². The molecule has 3 atom stereocenters. The number of nitrogens with zero attached hydrogens (tertiary/aromatic N) is 2. The zero-order chi connectivity index (χ0) is 17.1. The van der Waals surface area contributed by atoms with E-state index in [0.29, 0.717) is 11.8 Å². The largest absolute Gasteiger partial charge is 0.306 e. The van der Waals surface area contributed by atoms with E-state index in [2.05, 4.69) is 50.9 Å². The molecule has 0 N–H and O–H groups in total. The number of likely N-dealkylation sites (N-methyl/N-ethyl adjacent to an activating group) is 1. The van der Waals surface area contributed by atoms with Crippen LogP contribution in [0.3, 0.4) is 0 Å². The smallest absolute Gasteiger partial charge is 0.0982 e. The van der Waals surface area contributed by atoms with Gasteiger partial charge in [-0.3, -0.25) is 0 Å². The molecule has 1 aromatic heterocycles. The minimum absolute atomic E-state index is 0.632. The third-order valence-electron chi connectivity index (χ3n) is 5.76. The Morgan fingerprint density at radius 3 is 2.88 bits per heavy atom. The predicted octanol–water partition coefficient (Wildman–Crippen LogP) is 6.04. The molecule has 2 aromatic rings. The van der Waals surface area contributed by atoms with Gasteiger partial charge in [0.1, 0.15) is 0 Å². The molecule has 3 heteroatoms. The van der Waals surface area contributed by atoms with Crippen molar-refractivity contribution in [2.24, 2.45) is 5.92 Å². The van der Waals surface area contributed by atoms with Gasteiger partial charge in [0.2, 0.25) is 0 Å². The summed E-state index contributed by atoms with van der Waals surface area (Å²) in [6.07, 6.45) is 6.49. The summed E-state index contributed by atoms with van der Waals surface area (Å²) < 4.78 is 1.36. The van der Waals surface area contributed by atoms with E-state index in [9.17, 15) is 0 Å². The minimum Gasteiger partial charge on any atom is -0.306 e. The average Bonchev–Trinajstić information content (AvgIpc) is 3.02. The predicted molar refractivity (Wildman–Crippen MR) is 106 cm³/mol. The van der Waals surface area contributed by atoms with E-state index < -0.39 is 0 Å². The number of likely N-dealkylation sites (tertiary alicyclic amines) is 1. The first kappa shape index (κ1) is 17.9. The maximum absolute atomic E-state index is 5.02. The second-order valence-corrected chi connectivity index (χ2v) is 8.93. The molecule has 2 nitrogen and oxygen atoms in total. The highest BCUT2D eigenvalue weighted by Gasteiger charge is 2.22. The summed E-state index contributed by atoms with van der Waals surface area (Å²) in [6.45, 7) is 9.43. The molecule has 3 rings (SSSR count). The lowest BCUT2D eigenvalue weighted by Gasteiger charge is -2.28. The van der Waals surface area contributed by atoms with Crippen LogP contribution in [0.25, 0.3) is 10.2 Å². The Morgan fingerprint density at radius 2 is 2.12 bits per heavy atom. The molecule has 132 valence electrons. The van der Waals surface area contributed by atoms with Gasteiger partial charge in [-0.1, -0.05) is 39.7 Å². The summed E-state index contributed by atoms with van der Waals surface area (Å²) in [7, 11) is 2.23. The van der Waals surface area contributed by atoms with Crippen LogP contribution in [0.1, 0.15) is 75.3 Å². The lowest BCUT2D eigenvalue weighted by molar-refractivity contribution is 0.250. The maximum atomic E-state index is 5.02. The molecule has 1 aliphatic heterocycles. The van der Waals surface area contributed by atoms with Crippen LogP contribution in [-0.2, 0) is 0 Å². The van der Waals surface area contributed by atoms with Gasteiger partial charge in [0.05, 0.1) is 15.2 Å². The van der Waals surface area contributed by atoms with Gasteiger partial charge in [0.15, 0.2) is 0 Å². The quantitative estimate of drug-likeness (QED) is 0.635. The standard InChI is InChI=1S/C21H32N2S/c1-5-15(2)8-9-16(3)17-10-11-20-19(13-17)22-21(24-20)18-7-6-12-23(4)14-18/h10-11,13,15-16,18H,5-9,12,14H2,1-4H3/t15-,16-,18+/m1/s1. The monoisotopic (exact) mass is 344 g/mol. The number of aromatic nitrogens is 1. The van der Waals surface area contributed by atoms with Crippen LogP contribution < -0.4 is 0 Å². The van der Waals surface area contributed by atoms with E-state index in [-0.39, 0.29) is 0 Å². The zero-order valence-electron chi connectivity index (χ0n) is 15.7. The van der Waals surface area contributed by atoms with E-state index in [1.54, 1.807) is 0 Å². The highest BCUT2D eigenvalue weighted by molar-refractivity contribution is 7.18. The van der Waals surface area contributed by atoms with Crippen molar-refractivity contribution in [2.45, 2.75) is 64.7 Å². The molecule has 1 aliphatic rings. The Kier molecular flexibility index (Phi) is 5.93. The zero-order valence-corrected chi connectivity index (χ0v) is 16.5. The van der Waals surface area contributed by atoms with Crippen LogP contribution in [0.5, 0.6) is 0 Å². The fourth-order valence-electron chi connectivity index (χ4n) is 3.72. The lowest BCUT2D eigenvalue weighted by atomic mass is 9.91. The van der Waals surface area contributed by atoms with Gasteiger partial charge in [0, 0.05) is 12.5 Å². The molecule has 2 heterocycles. The van der Waals surface area contributed by atoms with Crippen molar-refractivity contribution in [3.05, 3.63) is 28.8 Å². The highest BCUT2D eigenvalue weighted by Crippen LogP contribution is 2.34. The van der Waals surface area contributed by atoms with Gasteiger partial charge in [-0.05, 0) is 62.4 Å². The van der Waals surface area contributed by atoms with Crippen molar-refractivity contribution in [1.82, 2.24) is 9.88 Å². The number of piperidine rings is 1. The van der Waals surface area contributed by atoms with Crippen LogP contribution in [0.4, 0.5) is 0 Å². The van der Waals surface area contributed by atoms with E-state index in [1.807, 2.05) is 11.3 Å². The van der Waals surface area contributed by atoms with Gasteiger partial charge in [-0.15, -0.1) is 11.3 Å². The third kappa shape index (κ3) is 4.18. The van der Waals surface area contributed by atoms with E-state index >= 15 is 0 Å². The second kappa shape index (κ2) is 7.97. The number of fused-ring (bicyclic) bond motifs is 1. The molecule has 24 heavy (non-hydrogen) atoms. The van der Waals surface area contributed by atoms with Crippen molar-refractivity contribution in [1.29, 1.82) is 0 Å². The molecule has 1 fully saturated rings. The Hall–Kier alpha value is -0.930. The van der Waals surface area contributed by atoms with Gasteiger partial charge in [-0.25, -0.2) is 4.98 Å². The summed E-state index contributed by atoms with van der Waals surface area (Å²) >= 11 is 1.91. The molecule has 0 aliphatic carbocycles. The summed E-state index contributed by atoms with van der Waals surface area (Å²) in [5.41, 5.74) is 2.68. The maximum Gasteiger partial charge on any atom is 0.0982 e. The molecule has 1 aromatic carbocycles. The molecule has 0 bridgehead atoms. The molecule has 0 radical (unpaired) electrons. The van der Waals surface area contributed by atoms with Crippen molar-refractivity contribution in [3.63, 3.8) is 0 Å². The fourth-order valence-corrected chi connectivity index (χ4v) is 4.79. The number of rotatable bonds is 6. The summed E-state index contributed by atoms with van der Waals surface area (Å²) in [4.78, 5) is 7.46. The number of hydrogen-bond acceptors (Lipinski definition) is 3. The van der Waals surface area contributed by atoms with Crippen LogP contribution in [0.15, 0.2) is 18.2 Å². The Morgan fingerprint density at radius 1 is 1.29 bits per heavy atom. The first-order valence-electron chi connectivity index (χ1n) is 9.65. The Labute approximate surface area is 151 Å². The van der Waals surface area contributed by atoms with Gasteiger partial charge in [0.25, 0.3) is 0 Å². The SMILES string of the molecule is CC[C@@H](C)CC[C@@H](C)c1ccc2sc([C@H]3CCCN(C)C3)nc2c1. The van der Waals surface area contributed by atoms with E-state index in [0.717, 1.165) is 12.5 Å². The average molecular weight is 345 g/mol. The van der Waals surface area contributed by atoms with Gasteiger partial charge >= 0.3 is 0 Å². The highest BCUT2D eigenvalue weighted by atomic mass is 32.1. The van der Waals surface area contributed by atoms with Crippen molar-refractivity contribution >= 4 is 21.6 Å². The summed E-state index contributed by atoms with van der Waals surface area (Å²) in [6, 6.07) is 6.99. The van der Waals surface area contributed by atoms with Crippen molar-refractivity contribution in [2.75, 3.05) is 20.1 Å². The Bertz CT molecular complexity index is 663. The van der Waals surface area contributed by atoms with Crippen LogP contribution in [0, 0.1) is 5.92 Å². The normalized spacial score (nSPS) is 21.9. The molecule has 0 spiro atoms. The lowest BCUT2D eigenvalue weighted by Crippen LogP contribution is -2.30. The van der Waals surface area contributed by atoms with Gasteiger partial charge < -0.3 is 4.90 Å². The van der Waals surface area contributed by atoms with Crippen LogP contribution in [-0.4, -0.2) is 30.0 Å². The number of hydrogen-bond donors (Lipinski definition) is 0.